The summed E-state index contributed by atoms with van der Waals surface area (Å²) in [5, 5.41) is 1.06. The van der Waals surface area contributed by atoms with Crippen molar-refractivity contribution in [2.24, 2.45) is 11.7 Å². The van der Waals surface area contributed by atoms with Gasteiger partial charge in [0.15, 0.2) is 5.78 Å². The van der Waals surface area contributed by atoms with E-state index in [0.29, 0.717) is 0 Å². The summed E-state index contributed by atoms with van der Waals surface area (Å²) in [7, 11) is 0. The Kier molecular flexibility index (Phi) is 4.85. The van der Waals surface area contributed by atoms with Gasteiger partial charge >= 0.3 is 0 Å². The van der Waals surface area contributed by atoms with Crippen LogP contribution in [0.2, 0.25) is 0 Å². The number of pyridine rings is 1. The second kappa shape index (κ2) is 6.62. The Morgan fingerprint density at radius 1 is 1.25 bits per heavy atom. The number of hydrogen-bond donors (Lipinski definition) is 1. The fourth-order valence-electron chi connectivity index (χ4n) is 2.38. The minimum absolute atomic E-state index is 0.0370. The number of hydrogen-bond acceptors (Lipinski definition) is 3. The Bertz CT molecular complexity index is 592. The number of carbonyl (C=O) groups is 1. The summed E-state index contributed by atoms with van der Waals surface area (Å²) < 4.78 is 0. The van der Waals surface area contributed by atoms with Gasteiger partial charge in [0.25, 0.3) is 0 Å². The van der Waals surface area contributed by atoms with E-state index in [2.05, 4.69) is 4.98 Å². The van der Waals surface area contributed by atoms with E-state index >= 15 is 0 Å². The predicted octanol–water partition coefficient (Wildman–Crippen LogP) is 3.57. The van der Waals surface area contributed by atoms with E-state index in [9.17, 15) is 4.79 Å². The highest BCUT2D eigenvalue weighted by molar-refractivity contribution is 6.00. The minimum Gasteiger partial charge on any atom is -0.328 e. The summed E-state index contributed by atoms with van der Waals surface area (Å²) in [6.07, 6.45) is 4.61. The number of aromatic nitrogens is 1. The zero-order valence-electron chi connectivity index (χ0n) is 12.2. The molecule has 20 heavy (non-hydrogen) atoms. The number of Topliss-reactive ketones (excluding diaryl/α,β-unsaturated/α-hetero) is 1. The normalized spacial score (nSPS) is 14.2. The van der Waals surface area contributed by atoms with E-state index in [1.54, 1.807) is 6.20 Å². The van der Waals surface area contributed by atoms with Gasteiger partial charge in [0, 0.05) is 29.1 Å². The third-order valence-corrected chi connectivity index (χ3v) is 3.63. The zero-order chi connectivity index (χ0) is 14.5. The summed E-state index contributed by atoms with van der Waals surface area (Å²) >= 11 is 0. The number of rotatable bonds is 6. The van der Waals surface area contributed by atoms with Crippen molar-refractivity contribution < 1.29 is 4.79 Å². The first kappa shape index (κ1) is 14.7. The Morgan fingerprint density at radius 3 is 2.80 bits per heavy atom. The molecule has 0 aliphatic rings. The molecule has 0 amide bonds. The summed E-state index contributed by atoms with van der Waals surface area (Å²) in [5.74, 6) is 0.233. The predicted molar refractivity (Wildman–Crippen MR) is 82.7 cm³/mol. The Hall–Kier alpha value is -1.74. The van der Waals surface area contributed by atoms with E-state index in [1.165, 1.54) is 0 Å². The summed E-state index contributed by atoms with van der Waals surface area (Å²) in [6, 6.07) is 9.86. The molecule has 2 N–H and O–H groups in total. The highest BCUT2D eigenvalue weighted by atomic mass is 16.1. The van der Waals surface area contributed by atoms with Crippen LogP contribution in [0, 0.1) is 5.92 Å². The number of carbonyl (C=O) groups excluding carboxylic acids is 1. The van der Waals surface area contributed by atoms with Crippen LogP contribution in [0.4, 0.5) is 0 Å². The smallest absolute Gasteiger partial charge is 0.165 e. The van der Waals surface area contributed by atoms with Gasteiger partial charge in [0.2, 0.25) is 0 Å². The molecule has 0 spiro atoms. The highest BCUT2D eigenvalue weighted by Crippen LogP contribution is 2.19. The maximum Gasteiger partial charge on any atom is 0.165 e. The van der Waals surface area contributed by atoms with Crippen molar-refractivity contribution in [2.75, 3.05) is 0 Å². The molecule has 0 aliphatic carbocycles. The lowest BCUT2D eigenvalue weighted by Crippen LogP contribution is -2.16. The van der Waals surface area contributed by atoms with Crippen molar-refractivity contribution in [1.29, 1.82) is 0 Å². The van der Waals surface area contributed by atoms with Gasteiger partial charge in [-0.15, -0.1) is 0 Å². The average molecular weight is 270 g/mol. The lowest BCUT2D eigenvalue weighted by molar-refractivity contribution is 0.0922. The van der Waals surface area contributed by atoms with Crippen LogP contribution >= 0.6 is 0 Å². The first-order valence-corrected chi connectivity index (χ1v) is 7.22. The van der Waals surface area contributed by atoms with Gasteiger partial charge in [-0.3, -0.25) is 9.78 Å². The standard InChI is InChI=1S/C17H22N2O/c1-12(5-3-6-13(2)18)17(20)15-9-8-14-7-4-10-19-16(14)11-15/h4,7-13H,3,5-6,18H2,1-2H3. The van der Waals surface area contributed by atoms with E-state index in [-0.39, 0.29) is 17.7 Å². The fourth-order valence-corrected chi connectivity index (χ4v) is 2.38. The lowest BCUT2D eigenvalue weighted by atomic mass is 9.93. The second-order valence-corrected chi connectivity index (χ2v) is 5.58. The lowest BCUT2D eigenvalue weighted by Gasteiger charge is -2.12. The van der Waals surface area contributed by atoms with Crippen LogP contribution in [0.25, 0.3) is 10.9 Å². The highest BCUT2D eigenvalue weighted by Gasteiger charge is 2.15. The number of ketones is 1. The van der Waals surface area contributed by atoms with Gasteiger partial charge in [-0.25, -0.2) is 0 Å². The zero-order valence-corrected chi connectivity index (χ0v) is 12.2. The third-order valence-electron chi connectivity index (χ3n) is 3.63. The van der Waals surface area contributed by atoms with Crippen molar-refractivity contribution in [2.45, 2.75) is 39.2 Å². The topological polar surface area (TPSA) is 56.0 Å². The number of fused-ring (bicyclic) bond motifs is 1. The molecular formula is C17H22N2O. The Balaban J connectivity index is 2.06. The molecule has 0 saturated carbocycles. The van der Waals surface area contributed by atoms with Crippen molar-refractivity contribution in [3.63, 3.8) is 0 Å². The molecule has 2 atom stereocenters. The maximum atomic E-state index is 12.4. The molecule has 2 aromatic rings. The largest absolute Gasteiger partial charge is 0.328 e. The number of benzene rings is 1. The fraction of sp³-hybridized carbons (Fsp3) is 0.412. The molecule has 0 radical (unpaired) electrons. The van der Waals surface area contributed by atoms with E-state index in [0.717, 1.165) is 35.7 Å². The molecule has 1 heterocycles. The summed E-state index contributed by atoms with van der Waals surface area (Å²) in [4.78, 5) is 16.7. The molecule has 0 bridgehead atoms. The van der Waals surface area contributed by atoms with E-state index in [1.807, 2.05) is 44.2 Å². The van der Waals surface area contributed by atoms with Crippen LogP contribution in [-0.2, 0) is 0 Å². The van der Waals surface area contributed by atoms with Crippen LogP contribution in [0.5, 0.6) is 0 Å². The van der Waals surface area contributed by atoms with Gasteiger partial charge in [0.1, 0.15) is 0 Å². The van der Waals surface area contributed by atoms with E-state index in [4.69, 9.17) is 5.73 Å². The van der Waals surface area contributed by atoms with Gasteiger partial charge in [0.05, 0.1) is 5.52 Å². The first-order valence-electron chi connectivity index (χ1n) is 7.22. The minimum atomic E-state index is 0.0370. The second-order valence-electron chi connectivity index (χ2n) is 5.58. The molecule has 3 nitrogen and oxygen atoms in total. The van der Waals surface area contributed by atoms with Crippen LogP contribution < -0.4 is 5.73 Å². The van der Waals surface area contributed by atoms with Gasteiger partial charge in [-0.2, -0.15) is 0 Å². The SMILES string of the molecule is CC(N)CCCC(C)C(=O)c1ccc2cccnc2c1. The molecule has 2 unspecified atom stereocenters. The molecule has 106 valence electrons. The quantitative estimate of drug-likeness (QED) is 0.816. The summed E-state index contributed by atoms with van der Waals surface area (Å²) in [6.45, 7) is 3.99. The Labute approximate surface area is 120 Å². The first-order chi connectivity index (χ1) is 9.58. The van der Waals surface area contributed by atoms with Crippen LogP contribution in [-0.4, -0.2) is 16.8 Å². The van der Waals surface area contributed by atoms with Crippen molar-refractivity contribution >= 4 is 16.7 Å². The number of nitrogens with two attached hydrogens (primary N) is 1. The van der Waals surface area contributed by atoms with Crippen molar-refractivity contribution in [3.8, 4) is 0 Å². The molecule has 2 rings (SSSR count). The monoisotopic (exact) mass is 270 g/mol. The summed E-state index contributed by atoms with van der Waals surface area (Å²) in [5.41, 5.74) is 7.37. The molecule has 0 saturated heterocycles. The van der Waals surface area contributed by atoms with Gasteiger partial charge < -0.3 is 5.73 Å². The van der Waals surface area contributed by atoms with Crippen LogP contribution in [0.3, 0.4) is 0 Å². The molecular weight excluding hydrogens is 248 g/mol. The molecule has 1 aromatic carbocycles. The molecule has 3 heteroatoms. The van der Waals surface area contributed by atoms with Crippen molar-refractivity contribution in [1.82, 2.24) is 4.98 Å². The molecule has 0 aliphatic heterocycles. The molecule has 0 fully saturated rings. The van der Waals surface area contributed by atoms with Gasteiger partial charge in [-0.05, 0) is 31.9 Å². The van der Waals surface area contributed by atoms with Crippen LogP contribution in [0.1, 0.15) is 43.5 Å². The van der Waals surface area contributed by atoms with Crippen LogP contribution in [0.15, 0.2) is 36.5 Å². The molecule has 1 aromatic heterocycles. The maximum absolute atomic E-state index is 12.4. The number of nitrogens with zero attached hydrogens (tertiary/aromatic N) is 1. The van der Waals surface area contributed by atoms with E-state index < -0.39 is 0 Å². The Morgan fingerprint density at radius 2 is 2.05 bits per heavy atom. The van der Waals surface area contributed by atoms with Gasteiger partial charge in [-0.1, -0.05) is 31.5 Å². The third kappa shape index (κ3) is 3.64. The average Bonchev–Trinajstić information content (AvgIpc) is 2.45. The van der Waals surface area contributed by atoms with Crippen molar-refractivity contribution in [3.05, 3.63) is 42.1 Å².